The maximum absolute atomic E-state index is 9.16. The minimum absolute atomic E-state index is 0.250. The third-order valence-electron chi connectivity index (χ3n) is 2.55. The van der Waals surface area contributed by atoms with Gasteiger partial charge >= 0.3 is 0 Å². The second kappa shape index (κ2) is 3.55. The molecule has 0 saturated heterocycles. The molecule has 1 atom stereocenters. The van der Waals surface area contributed by atoms with Crippen LogP contribution in [0.4, 0.5) is 0 Å². The van der Waals surface area contributed by atoms with E-state index in [9.17, 15) is 0 Å². The van der Waals surface area contributed by atoms with Crippen molar-refractivity contribution in [1.82, 2.24) is 0 Å². The van der Waals surface area contributed by atoms with Crippen LogP contribution >= 0.6 is 0 Å². The molecule has 1 aromatic rings. The lowest BCUT2D eigenvalue weighted by atomic mass is 9.96. The summed E-state index contributed by atoms with van der Waals surface area (Å²) in [6.45, 7) is 2.38. The predicted octanol–water partition coefficient (Wildman–Crippen LogP) is 1.23. The van der Waals surface area contributed by atoms with Gasteiger partial charge in [0.1, 0.15) is 5.75 Å². The van der Waals surface area contributed by atoms with Gasteiger partial charge in [0.15, 0.2) is 5.60 Å². The molecule has 1 aromatic carbocycles. The van der Waals surface area contributed by atoms with Crippen molar-refractivity contribution in [2.45, 2.75) is 18.9 Å². The molecule has 0 aromatic heterocycles. The molecular formula is C11H14N2O2. The van der Waals surface area contributed by atoms with Crippen LogP contribution in [0.15, 0.2) is 29.4 Å². The Morgan fingerprint density at radius 1 is 1.47 bits per heavy atom. The monoisotopic (exact) mass is 206 g/mol. The molecule has 0 fully saturated rings. The number of aromatic hydroxyl groups is 1. The van der Waals surface area contributed by atoms with E-state index < -0.39 is 0 Å². The van der Waals surface area contributed by atoms with Crippen molar-refractivity contribution < 1.29 is 9.94 Å². The van der Waals surface area contributed by atoms with Gasteiger partial charge in [-0.1, -0.05) is 5.16 Å². The SMILES string of the molecule is CC1(CN)CC(c2ccc(O)cc2)=NO1. The average Bonchev–Trinajstić information content (AvgIpc) is 2.63. The number of hydrogen-bond donors (Lipinski definition) is 2. The Hall–Kier alpha value is -1.55. The average molecular weight is 206 g/mol. The van der Waals surface area contributed by atoms with E-state index in [1.54, 1.807) is 12.1 Å². The summed E-state index contributed by atoms with van der Waals surface area (Å²) in [5.41, 5.74) is 7.05. The number of oxime groups is 1. The second-order valence-corrected chi connectivity index (χ2v) is 4.01. The molecule has 80 valence electrons. The number of phenolic OH excluding ortho intramolecular Hbond substituents is 1. The minimum atomic E-state index is -0.382. The Bertz CT molecular complexity index is 386. The van der Waals surface area contributed by atoms with Crippen LogP contribution in [0.1, 0.15) is 18.9 Å². The van der Waals surface area contributed by atoms with Crippen molar-refractivity contribution in [2.24, 2.45) is 10.9 Å². The molecular weight excluding hydrogens is 192 g/mol. The van der Waals surface area contributed by atoms with Gasteiger partial charge in [0.05, 0.1) is 5.71 Å². The van der Waals surface area contributed by atoms with Crippen molar-refractivity contribution in [3.05, 3.63) is 29.8 Å². The maximum Gasteiger partial charge on any atom is 0.152 e. The normalized spacial score (nSPS) is 24.8. The van der Waals surface area contributed by atoms with E-state index in [2.05, 4.69) is 5.16 Å². The fourth-order valence-corrected chi connectivity index (χ4v) is 1.50. The molecule has 0 amide bonds. The van der Waals surface area contributed by atoms with E-state index in [1.165, 1.54) is 0 Å². The molecule has 15 heavy (non-hydrogen) atoms. The summed E-state index contributed by atoms with van der Waals surface area (Å²) in [7, 11) is 0. The van der Waals surface area contributed by atoms with Gasteiger partial charge in [-0.15, -0.1) is 0 Å². The molecule has 0 aliphatic carbocycles. The first-order chi connectivity index (χ1) is 7.13. The van der Waals surface area contributed by atoms with Crippen LogP contribution in [0, 0.1) is 0 Å². The number of nitrogens with zero attached hydrogens (tertiary/aromatic N) is 1. The van der Waals surface area contributed by atoms with Gasteiger partial charge in [0.2, 0.25) is 0 Å². The molecule has 0 bridgehead atoms. The van der Waals surface area contributed by atoms with Gasteiger partial charge < -0.3 is 15.7 Å². The zero-order valence-electron chi connectivity index (χ0n) is 8.60. The number of phenols is 1. The van der Waals surface area contributed by atoms with Crippen LogP contribution in [0.3, 0.4) is 0 Å². The smallest absolute Gasteiger partial charge is 0.152 e. The van der Waals surface area contributed by atoms with E-state index in [4.69, 9.17) is 15.7 Å². The Morgan fingerprint density at radius 3 is 2.67 bits per heavy atom. The van der Waals surface area contributed by atoms with E-state index >= 15 is 0 Å². The summed E-state index contributed by atoms with van der Waals surface area (Å²) in [6, 6.07) is 6.91. The molecule has 4 nitrogen and oxygen atoms in total. The zero-order chi connectivity index (χ0) is 10.9. The van der Waals surface area contributed by atoms with Crippen molar-refractivity contribution >= 4 is 5.71 Å². The van der Waals surface area contributed by atoms with Gasteiger partial charge in [-0.05, 0) is 36.8 Å². The van der Waals surface area contributed by atoms with E-state index in [1.807, 2.05) is 19.1 Å². The summed E-state index contributed by atoms with van der Waals surface area (Å²) < 4.78 is 0. The highest BCUT2D eigenvalue weighted by molar-refractivity contribution is 6.01. The standard InChI is InChI=1S/C11H14N2O2/c1-11(7-12)6-10(13-15-11)8-2-4-9(14)5-3-8/h2-5,14H,6-7,12H2,1H3. The van der Waals surface area contributed by atoms with Crippen LogP contribution in [-0.2, 0) is 4.84 Å². The highest BCUT2D eigenvalue weighted by Gasteiger charge is 2.33. The molecule has 1 heterocycles. The van der Waals surface area contributed by atoms with E-state index in [0.717, 1.165) is 11.3 Å². The van der Waals surface area contributed by atoms with Crippen molar-refractivity contribution in [1.29, 1.82) is 0 Å². The first-order valence-corrected chi connectivity index (χ1v) is 4.87. The topological polar surface area (TPSA) is 67.8 Å². The quantitative estimate of drug-likeness (QED) is 0.764. The van der Waals surface area contributed by atoms with Crippen LogP contribution < -0.4 is 5.73 Å². The Balaban J connectivity index is 2.17. The minimum Gasteiger partial charge on any atom is -0.508 e. The second-order valence-electron chi connectivity index (χ2n) is 4.01. The number of benzene rings is 1. The maximum atomic E-state index is 9.16. The number of rotatable bonds is 2. The van der Waals surface area contributed by atoms with Crippen molar-refractivity contribution in [3.8, 4) is 5.75 Å². The molecule has 1 aliphatic rings. The first kappa shape index (κ1) is 9.98. The largest absolute Gasteiger partial charge is 0.508 e. The molecule has 3 N–H and O–H groups in total. The molecule has 0 spiro atoms. The lowest BCUT2D eigenvalue weighted by Gasteiger charge is -2.17. The molecule has 2 rings (SSSR count). The number of hydrogen-bond acceptors (Lipinski definition) is 4. The Labute approximate surface area is 88.3 Å². The molecule has 4 heteroatoms. The van der Waals surface area contributed by atoms with Gasteiger partial charge in [-0.25, -0.2) is 0 Å². The molecule has 1 unspecified atom stereocenters. The fraction of sp³-hybridized carbons (Fsp3) is 0.364. The summed E-state index contributed by atoms with van der Waals surface area (Å²) >= 11 is 0. The number of nitrogens with two attached hydrogens (primary N) is 1. The van der Waals surface area contributed by atoms with Crippen molar-refractivity contribution in [2.75, 3.05) is 6.54 Å². The predicted molar refractivity (Wildman–Crippen MR) is 57.8 cm³/mol. The molecule has 0 saturated carbocycles. The zero-order valence-corrected chi connectivity index (χ0v) is 8.60. The van der Waals surface area contributed by atoms with Crippen molar-refractivity contribution in [3.63, 3.8) is 0 Å². The molecule has 1 aliphatic heterocycles. The van der Waals surface area contributed by atoms with Crippen LogP contribution in [0.2, 0.25) is 0 Å². The van der Waals surface area contributed by atoms with E-state index in [0.29, 0.717) is 13.0 Å². The Kier molecular flexibility index (Phi) is 2.36. The summed E-state index contributed by atoms with van der Waals surface area (Å²) in [5.74, 6) is 0.250. The van der Waals surface area contributed by atoms with Crippen LogP contribution in [-0.4, -0.2) is 23.0 Å². The summed E-state index contributed by atoms with van der Waals surface area (Å²) in [4.78, 5) is 5.29. The first-order valence-electron chi connectivity index (χ1n) is 4.87. The van der Waals surface area contributed by atoms with Gasteiger partial charge in [0, 0.05) is 13.0 Å². The molecule has 0 radical (unpaired) electrons. The van der Waals surface area contributed by atoms with Gasteiger partial charge in [0.25, 0.3) is 0 Å². The lowest BCUT2D eigenvalue weighted by Crippen LogP contribution is -2.34. The highest BCUT2D eigenvalue weighted by Crippen LogP contribution is 2.25. The fourth-order valence-electron chi connectivity index (χ4n) is 1.50. The van der Waals surface area contributed by atoms with Gasteiger partial charge in [-0.3, -0.25) is 0 Å². The third-order valence-corrected chi connectivity index (χ3v) is 2.55. The summed E-state index contributed by atoms with van der Waals surface area (Å²) in [5, 5.41) is 13.2. The van der Waals surface area contributed by atoms with Crippen LogP contribution in [0.25, 0.3) is 0 Å². The highest BCUT2D eigenvalue weighted by atomic mass is 16.7. The Morgan fingerprint density at radius 2 is 2.13 bits per heavy atom. The van der Waals surface area contributed by atoms with Gasteiger partial charge in [-0.2, -0.15) is 0 Å². The third kappa shape index (κ3) is 1.94. The summed E-state index contributed by atoms with van der Waals surface area (Å²) in [6.07, 6.45) is 0.703. The van der Waals surface area contributed by atoms with E-state index in [-0.39, 0.29) is 11.4 Å². The van der Waals surface area contributed by atoms with Crippen LogP contribution in [0.5, 0.6) is 5.75 Å². The lowest BCUT2D eigenvalue weighted by molar-refractivity contribution is 0.00422.